The van der Waals surface area contributed by atoms with Gasteiger partial charge in [0.2, 0.25) is 5.91 Å². The minimum atomic E-state index is -0.473. The maximum Gasteiger partial charge on any atom is 0.301 e. The summed E-state index contributed by atoms with van der Waals surface area (Å²) < 4.78 is 5.14. The number of hydrogen-bond acceptors (Lipinski definition) is 4. The van der Waals surface area contributed by atoms with Gasteiger partial charge in [-0.1, -0.05) is 13.3 Å². The van der Waals surface area contributed by atoms with Gasteiger partial charge in [0.1, 0.15) is 0 Å². The van der Waals surface area contributed by atoms with Crippen molar-refractivity contribution in [2.45, 2.75) is 39.2 Å². The summed E-state index contributed by atoms with van der Waals surface area (Å²) in [5, 5.41) is 0. The molecule has 1 aliphatic heterocycles. The molecule has 0 radical (unpaired) electrons. The van der Waals surface area contributed by atoms with Crippen molar-refractivity contribution < 1.29 is 14.0 Å². The van der Waals surface area contributed by atoms with E-state index in [2.05, 4.69) is 6.92 Å². The third-order valence-corrected chi connectivity index (χ3v) is 3.95. The van der Waals surface area contributed by atoms with Crippen LogP contribution in [0.1, 0.15) is 48.7 Å². The van der Waals surface area contributed by atoms with Crippen LogP contribution in [0.3, 0.4) is 0 Å². The van der Waals surface area contributed by atoms with Crippen LogP contribution in [0.15, 0.2) is 16.7 Å². The van der Waals surface area contributed by atoms with Gasteiger partial charge < -0.3 is 9.32 Å². The monoisotopic (exact) mass is 279 g/mol. The smallest absolute Gasteiger partial charge is 0.301 e. The molecule has 1 unspecified atom stereocenters. The predicted octanol–water partition coefficient (Wildman–Crippen LogP) is 1.42. The molecule has 6 heteroatoms. The largest absolute Gasteiger partial charge is 0.459 e. The van der Waals surface area contributed by atoms with Crippen LogP contribution in [0, 0.1) is 5.92 Å². The molecule has 1 aromatic heterocycles. The van der Waals surface area contributed by atoms with Gasteiger partial charge in [0.25, 0.3) is 0 Å². The molecule has 20 heavy (non-hydrogen) atoms. The van der Waals surface area contributed by atoms with Crippen LogP contribution in [0.2, 0.25) is 0 Å². The quantitative estimate of drug-likeness (QED) is 0.495. The molecule has 0 aromatic carbocycles. The van der Waals surface area contributed by atoms with Gasteiger partial charge >= 0.3 is 5.91 Å². The highest BCUT2D eigenvalue weighted by Gasteiger charge is 2.24. The van der Waals surface area contributed by atoms with E-state index in [1.807, 2.05) is 5.43 Å². The normalized spacial score (nSPS) is 19.8. The first kappa shape index (κ1) is 14.6. The second kappa shape index (κ2) is 6.56. The zero-order valence-corrected chi connectivity index (χ0v) is 11.7. The number of nitrogens with one attached hydrogen (secondary N) is 1. The second-order valence-electron chi connectivity index (χ2n) is 5.17. The van der Waals surface area contributed by atoms with Gasteiger partial charge in [0, 0.05) is 25.1 Å². The molecule has 1 saturated heterocycles. The molecule has 110 valence electrons. The van der Waals surface area contributed by atoms with Gasteiger partial charge in [0.05, 0.1) is 6.26 Å². The lowest BCUT2D eigenvalue weighted by atomic mass is 9.98. The van der Waals surface area contributed by atoms with Gasteiger partial charge in [-0.05, 0) is 24.8 Å². The second-order valence-corrected chi connectivity index (χ2v) is 5.17. The molecule has 2 rings (SSSR count). The van der Waals surface area contributed by atoms with Crippen LogP contribution in [0.25, 0.3) is 0 Å². The average Bonchev–Trinajstić information content (AvgIpc) is 2.85. The minimum absolute atomic E-state index is 0.140. The van der Waals surface area contributed by atoms with Crippen molar-refractivity contribution in [2.24, 2.45) is 11.8 Å². The molecular formula is C14H21N3O3. The van der Waals surface area contributed by atoms with Crippen LogP contribution in [-0.2, 0) is 11.3 Å². The van der Waals surface area contributed by atoms with E-state index in [9.17, 15) is 9.59 Å². The third kappa shape index (κ3) is 3.19. The number of furan rings is 1. The van der Waals surface area contributed by atoms with E-state index in [0.29, 0.717) is 24.4 Å². The molecule has 2 amide bonds. The fourth-order valence-corrected chi connectivity index (χ4v) is 2.60. The summed E-state index contributed by atoms with van der Waals surface area (Å²) in [5.74, 6) is 5.57. The molecule has 1 atom stereocenters. The number of rotatable bonds is 4. The minimum Gasteiger partial charge on any atom is -0.459 e. The lowest BCUT2D eigenvalue weighted by molar-refractivity contribution is -0.131. The van der Waals surface area contributed by atoms with Gasteiger partial charge in [-0.25, -0.2) is 5.84 Å². The first-order valence-electron chi connectivity index (χ1n) is 7.00. The molecule has 3 N–H and O–H groups in total. The maximum atomic E-state index is 12.1. The van der Waals surface area contributed by atoms with Crippen molar-refractivity contribution in [3.8, 4) is 0 Å². The van der Waals surface area contributed by atoms with E-state index in [1.54, 1.807) is 11.0 Å². The number of hydrazine groups is 1. The number of nitrogens with zero attached hydrogens (tertiary/aromatic N) is 1. The molecular weight excluding hydrogens is 258 g/mol. The Kier molecular flexibility index (Phi) is 4.79. The molecule has 2 heterocycles. The zero-order valence-electron chi connectivity index (χ0n) is 11.7. The molecule has 1 aromatic rings. The van der Waals surface area contributed by atoms with Gasteiger partial charge in [-0.2, -0.15) is 0 Å². The van der Waals surface area contributed by atoms with Crippen LogP contribution in [-0.4, -0.2) is 23.3 Å². The fourth-order valence-electron chi connectivity index (χ4n) is 2.60. The Bertz CT molecular complexity index is 484. The Balaban J connectivity index is 2.07. The number of carbonyl (C=O) groups excluding carboxylic acids is 2. The Morgan fingerprint density at radius 3 is 3.05 bits per heavy atom. The Morgan fingerprint density at radius 1 is 1.55 bits per heavy atom. The first-order chi connectivity index (χ1) is 9.65. The first-order valence-corrected chi connectivity index (χ1v) is 7.00. The van der Waals surface area contributed by atoms with Crippen LogP contribution in [0.4, 0.5) is 0 Å². The maximum absolute atomic E-state index is 12.1. The topological polar surface area (TPSA) is 88.6 Å². The van der Waals surface area contributed by atoms with E-state index in [-0.39, 0.29) is 11.7 Å². The highest BCUT2D eigenvalue weighted by molar-refractivity contribution is 5.92. The Labute approximate surface area is 118 Å². The lowest BCUT2D eigenvalue weighted by Gasteiger charge is -2.20. The van der Waals surface area contributed by atoms with E-state index in [0.717, 1.165) is 25.8 Å². The number of nitrogens with two attached hydrogens (primary N) is 1. The fraction of sp³-hybridized carbons (Fsp3) is 0.571. The number of hydrogen-bond donors (Lipinski definition) is 2. The summed E-state index contributed by atoms with van der Waals surface area (Å²) in [7, 11) is 0. The summed E-state index contributed by atoms with van der Waals surface area (Å²) in [6.45, 7) is 3.28. The van der Waals surface area contributed by atoms with Crippen molar-refractivity contribution in [3.05, 3.63) is 23.7 Å². The average molecular weight is 279 g/mol. The van der Waals surface area contributed by atoms with Crippen molar-refractivity contribution in [2.75, 3.05) is 6.54 Å². The number of nitrogen functional groups attached to an aromatic ring is 1. The van der Waals surface area contributed by atoms with E-state index in [4.69, 9.17) is 10.3 Å². The van der Waals surface area contributed by atoms with Crippen LogP contribution in [0.5, 0.6) is 0 Å². The van der Waals surface area contributed by atoms with Crippen LogP contribution < -0.4 is 11.3 Å². The number of likely N-dealkylation sites (tertiary alicyclic amines) is 1. The van der Waals surface area contributed by atoms with Gasteiger partial charge in [-0.3, -0.25) is 15.0 Å². The summed E-state index contributed by atoms with van der Waals surface area (Å²) in [6, 6.07) is 1.71. The summed E-state index contributed by atoms with van der Waals surface area (Å²) >= 11 is 0. The number of carbonyl (C=O) groups is 2. The predicted molar refractivity (Wildman–Crippen MR) is 73.4 cm³/mol. The van der Waals surface area contributed by atoms with Crippen molar-refractivity contribution in [3.63, 3.8) is 0 Å². The highest BCUT2D eigenvalue weighted by atomic mass is 16.3. The third-order valence-electron chi connectivity index (χ3n) is 3.95. The molecule has 1 aliphatic rings. The summed E-state index contributed by atoms with van der Waals surface area (Å²) in [6.07, 6.45) is 5.09. The molecule has 0 spiro atoms. The van der Waals surface area contributed by atoms with Crippen molar-refractivity contribution in [1.82, 2.24) is 10.3 Å². The molecule has 1 fully saturated rings. The zero-order chi connectivity index (χ0) is 14.5. The Morgan fingerprint density at radius 2 is 2.35 bits per heavy atom. The molecule has 0 bridgehead atoms. The Hall–Kier alpha value is -1.82. The summed E-state index contributed by atoms with van der Waals surface area (Å²) in [5.41, 5.74) is 2.74. The standard InChI is InChI=1S/C14H21N3O3/c1-2-10-3-4-12(18)17(7-5-10)9-11-6-8-20-13(11)14(19)16-15/h6,8,10H,2-5,7,9,15H2,1H3,(H,16,19). The van der Waals surface area contributed by atoms with E-state index < -0.39 is 5.91 Å². The summed E-state index contributed by atoms with van der Waals surface area (Å²) in [4.78, 5) is 25.5. The molecule has 0 saturated carbocycles. The van der Waals surface area contributed by atoms with E-state index in [1.165, 1.54) is 6.26 Å². The van der Waals surface area contributed by atoms with Crippen LogP contribution >= 0.6 is 0 Å². The van der Waals surface area contributed by atoms with Crippen molar-refractivity contribution >= 4 is 11.8 Å². The number of amides is 2. The van der Waals surface area contributed by atoms with Crippen molar-refractivity contribution in [1.29, 1.82) is 0 Å². The van der Waals surface area contributed by atoms with Gasteiger partial charge in [0.15, 0.2) is 5.76 Å². The lowest BCUT2D eigenvalue weighted by Crippen LogP contribution is -2.33. The SMILES string of the molecule is CCC1CCC(=O)N(Cc2ccoc2C(=O)NN)CC1. The molecule has 6 nitrogen and oxygen atoms in total. The van der Waals surface area contributed by atoms with E-state index >= 15 is 0 Å². The molecule has 0 aliphatic carbocycles. The highest BCUT2D eigenvalue weighted by Crippen LogP contribution is 2.23. The van der Waals surface area contributed by atoms with Gasteiger partial charge in [-0.15, -0.1) is 0 Å².